The van der Waals surface area contributed by atoms with Crippen LogP contribution in [0.5, 0.6) is 0 Å². The minimum atomic E-state index is -1.21. The van der Waals surface area contributed by atoms with Crippen molar-refractivity contribution < 1.29 is 24.2 Å². The number of carboxylic acids is 1. The lowest BCUT2D eigenvalue weighted by Gasteiger charge is -1.99. The molecule has 0 fully saturated rings. The number of ether oxygens (including phenoxy) is 1. The number of esters is 1. The fourth-order valence-electron chi connectivity index (χ4n) is 1.14. The summed E-state index contributed by atoms with van der Waals surface area (Å²) in [6.07, 6.45) is 0.0483. The minimum Gasteiger partial charge on any atom is -0.480 e. The second-order valence-electron chi connectivity index (χ2n) is 3.85. The van der Waals surface area contributed by atoms with Gasteiger partial charge in [-0.15, -0.1) is 0 Å². The standard InChI is InChI=1S/C9H10O2.C4H8N2O3/c1-11-9(10)7-8-5-3-2-4-6-8;5-2(4(8)9)1-3(6)7/h2-6H,7H2,1H3;2H,1,5H2,(H2,6,7)(H,8,9)/t;2-/m.0/s1. The van der Waals surface area contributed by atoms with Crippen LogP contribution in [0.2, 0.25) is 0 Å². The lowest BCUT2D eigenvalue weighted by molar-refractivity contribution is -0.140. The molecule has 7 nitrogen and oxygen atoms in total. The molecule has 0 aliphatic carbocycles. The van der Waals surface area contributed by atoms with E-state index in [2.05, 4.69) is 10.5 Å². The van der Waals surface area contributed by atoms with E-state index in [1.165, 1.54) is 7.11 Å². The lowest BCUT2D eigenvalue weighted by atomic mass is 10.2. The Morgan fingerprint density at radius 1 is 1.25 bits per heavy atom. The molecule has 0 aliphatic heterocycles. The maximum Gasteiger partial charge on any atom is 0.321 e. The van der Waals surface area contributed by atoms with Crippen molar-refractivity contribution in [1.82, 2.24) is 0 Å². The first kappa shape index (κ1) is 17.6. The highest BCUT2D eigenvalue weighted by Crippen LogP contribution is 1.99. The van der Waals surface area contributed by atoms with Gasteiger partial charge in [-0.1, -0.05) is 30.3 Å². The fourth-order valence-corrected chi connectivity index (χ4v) is 1.14. The van der Waals surface area contributed by atoms with Gasteiger partial charge >= 0.3 is 11.9 Å². The first-order chi connectivity index (χ1) is 9.36. The van der Waals surface area contributed by atoms with Gasteiger partial charge in [0.05, 0.1) is 20.0 Å². The van der Waals surface area contributed by atoms with Crippen LogP contribution in [0.15, 0.2) is 30.3 Å². The van der Waals surface area contributed by atoms with Crippen molar-refractivity contribution in [3.8, 4) is 0 Å². The van der Waals surface area contributed by atoms with E-state index in [4.69, 9.17) is 10.8 Å². The maximum absolute atomic E-state index is 10.8. The number of methoxy groups -OCH3 is 1. The van der Waals surface area contributed by atoms with Gasteiger partial charge in [-0.25, -0.2) is 0 Å². The molecule has 7 heteroatoms. The number of benzene rings is 1. The van der Waals surface area contributed by atoms with Gasteiger partial charge in [0.15, 0.2) is 0 Å². The first-order valence-electron chi connectivity index (χ1n) is 5.74. The summed E-state index contributed by atoms with van der Waals surface area (Å²) in [5.41, 5.74) is 10.6. The van der Waals surface area contributed by atoms with E-state index in [0.717, 1.165) is 5.56 Å². The molecular formula is C13H18N2O5. The van der Waals surface area contributed by atoms with E-state index in [9.17, 15) is 14.4 Å². The molecule has 5 N–H and O–H groups in total. The number of carboxylic acid groups (broad SMARTS) is 1. The number of nitrogens with two attached hydrogens (primary N) is 2. The molecule has 0 radical (unpaired) electrons. The Bertz CT molecular complexity index is 447. The minimum absolute atomic E-state index is 0.198. The third-order valence-electron chi connectivity index (χ3n) is 2.16. The number of hydrogen-bond donors (Lipinski definition) is 3. The molecule has 1 aromatic rings. The van der Waals surface area contributed by atoms with E-state index in [0.29, 0.717) is 6.42 Å². The van der Waals surface area contributed by atoms with Gasteiger partial charge in [-0.2, -0.15) is 0 Å². The average molecular weight is 282 g/mol. The average Bonchev–Trinajstić information content (AvgIpc) is 2.39. The zero-order valence-corrected chi connectivity index (χ0v) is 11.1. The summed E-state index contributed by atoms with van der Waals surface area (Å²) in [5.74, 6) is -2.12. The third kappa shape index (κ3) is 8.65. The second kappa shape index (κ2) is 9.51. The molecule has 1 aromatic carbocycles. The van der Waals surface area contributed by atoms with Crippen LogP contribution in [0.25, 0.3) is 0 Å². The van der Waals surface area contributed by atoms with Crippen molar-refractivity contribution in [2.24, 2.45) is 11.5 Å². The maximum atomic E-state index is 10.8. The van der Waals surface area contributed by atoms with E-state index >= 15 is 0 Å². The monoisotopic (exact) mass is 282 g/mol. The van der Waals surface area contributed by atoms with Crippen LogP contribution in [0, 0.1) is 0 Å². The highest BCUT2D eigenvalue weighted by atomic mass is 16.5. The van der Waals surface area contributed by atoms with Gasteiger partial charge in [0.25, 0.3) is 0 Å². The summed E-state index contributed by atoms with van der Waals surface area (Å²) in [4.78, 5) is 30.7. The van der Waals surface area contributed by atoms with Crippen molar-refractivity contribution in [2.75, 3.05) is 7.11 Å². The van der Waals surface area contributed by atoms with E-state index < -0.39 is 17.9 Å². The smallest absolute Gasteiger partial charge is 0.321 e. The van der Waals surface area contributed by atoms with Crippen LogP contribution in [0.1, 0.15) is 12.0 Å². The second-order valence-corrected chi connectivity index (χ2v) is 3.85. The van der Waals surface area contributed by atoms with Crippen LogP contribution in [0.4, 0.5) is 0 Å². The topological polar surface area (TPSA) is 133 Å². The SMILES string of the molecule is COC(=O)Cc1ccccc1.NC(=O)C[C@H](N)C(=O)O. The third-order valence-corrected chi connectivity index (χ3v) is 2.16. The van der Waals surface area contributed by atoms with Gasteiger partial charge in [-0.3, -0.25) is 14.4 Å². The summed E-state index contributed by atoms with van der Waals surface area (Å²) >= 11 is 0. The van der Waals surface area contributed by atoms with Gasteiger partial charge < -0.3 is 21.3 Å². The quantitative estimate of drug-likeness (QED) is 0.634. The van der Waals surface area contributed by atoms with Crippen molar-refractivity contribution in [1.29, 1.82) is 0 Å². The number of primary amides is 1. The molecule has 0 spiro atoms. The van der Waals surface area contributed by atoms with Gasteiger partial charge in [0.2, 0.25) is 5.91 Å². The zero-order valence-electron chi connectivity index (χ0n) is 11.1. The van der Waals surface area contributed by atoms with E-state index in [1.807, 2.05) is 30.3 Å². The predicted octanol–water partition coefficient (Wildman–Crippen LogP) is -0.324. The number of hydrogen-bond acceptors (Lipinski definition) is 5. The van der Waals surface area contributed by atoms with Crippen molar-refractivity contribution in [3.05, 3.63) is 35.9 Å². The molecule has 1 rings (SSSR count). The number of aliphatic carboxylic acids is 1. The molecule has 1 atom stereocenters. The highest BCUT2D eigenvalue weighted by molar-refractivity contribution is 5.83. The normalized spacial score (nSPS) is 10.7. The molecule has 20 heavy (non-hydrogen) atoms. The van der Waals surface area contributed by atoms with Gasteiger partial charge in [-0.05, 0) is 5.56 Å². The number of carbonyl (C=O) groups is 3. The van der Waals surface area contributed by atoms with Crippen molar-refractivity contribution >= 4 is 17.8 Å². The number of amides is 1. The molecule has 0 heterocycles. The van der Waals surface area contributed by atoms with Crippen molar-refractivity contribution in [3.63, 3.8) is 0 Å². The molecule has 1 amide bonds. The Kier molecular flexibility index (Phi) is 8.36. The van der Waals surface area contributed by atoms with Crippen LogP contribution >= 0.6 is 0 Å². The largest absolute Gasteiger partial charge is 0.480 e. The Labute approximate surface area is 116 Å². The molecule has 0 unspecified atom stereocenters. The fraction of sp³-hybridized carbons (Fsp3) is 0.308. The number of rotatable bonds is 5. The molecule has 0 aromatic heterocycles. The summed E-state index contributed by atoms with van der Waals surface area (Å²) in [6, 6.07) is 8.35. The molecular weight excluding hydrogens is 264 g/mol. The molecule has 0 bridgehead atoms. The Morgan fingerprint density at radius 2 is 1.80 bits per heavy atom. The molecule has 0 saturated heterocycles. The van der Waals surface area contributed by atoms with Crippen LogP contribution < -0.4 is 11.5 Å². The van der Waals surface area contributed by atoms with Crippen LogP contribution in [-0.2, 0) is 25.5 Å². The van der Waals surface area contributed by atoms with Crippen LogP contribution in [0.3, 0.4) is 0 Å². The van der Waals surface area contributed by atoms with Crippen LogP contribution in [-0.4, -0.2) is 36.1 Å². The molecule has 0 aliphatic rings. The van der Waals surface area contributed by atoms with Crippen molar-refractivity contribution in [2.45, 2.75) is 18.9 Å². The van der Waals surface area contributed by atoms with Gasteiger partial charge in [0, 0.05) is 0 Å². The van der Waals surface area contributed by atoms with Gasteiger partial charge in [0.1, 0.15) is 6.04 Å². The Balaban J connectivity index is 0.000000370. The zero-order chi connectivity index (χ0) is 15.5. The number of carbonyl (C=O) groups excluding carboxylic acids is 2. The molecule has 0 saturated carbocycles. The summed E-state index contributed by atoms with van der Waals surface area (Å²) < 4.78 is 4.52. The first-order valence-corrected chi connectivity index (χ1v) is 5.74. The predicted molar refractivity (Wildman–Crippen MR) is 71.6 cm³/mol. The Morgan fingerprint density at radius 3 is 2.15 bits per heavy atom. The van der Waals surface area contributed by atoms with E-state index in [1.54, 1.807) is 0 Å². The summed E-state index contributed by atoms with van der Waals surface area (Å²) in [6.45, 7) is 0. The molecule has 110 valence electrons. The Hall–Kier alpha value is -2.41. The lowest BCUT2D eigenvalue weighted by Crippen LogP contribution is -2.34. The summed E-state index contributed by atoms with van der Waals surface area (Å²) in [5, 5.41) is 8.10. The van der Waals surface area contributed by atoms with E-state index in [-0.39, 0.29) is 12.4 Å². The summed E-state index contributed by atoms with van der Waals surface area (Å²) in [7, 11) is 1.39. The highest BCUT2D eigenvalue weighted by Gasteiger charge is 2.13.